The second-order valence-corrected chi connectivity index (χ2v) is 5.76. The molecule has 0 aliphatic carbocycles. The van der Waals surface area contributed by atoms with E-state index in [9.17, 15) is 4.79 Å². The Labute approximate surface area is 129 Å². The van der Waals surface area contributed by atoms with E-state index < -0.39 is 0 Å². The molecule has 0 aromatic heterocycles. The van der Waals surface area contributed by atoms with Gasteiger partial charge < -0.3 is 15.0 Å². The molecule has 0 aromatic rings. The van der Waals surface area contributed by atoms with Crippen LogP contribution in [0.1, 0.15) is 51.9 Å². The first kappa shape index (κ1) is 17.7. The molecule has 2 fully saturated rings. The Balaban J connectivity index is 0.00000200. The summed E-state index contributed by atoms with van der Waals surface area (Å²) in [6, 6.07) is 0.442. The van der Waals surface area contributed by atoms with Crippen molar-refractivity contribution in [3.05, 3.63) is 0 Å². The minimum Gasteiger partial charge on any atom is -0.378 e. The van der Waals surface area contributed by atoms with E-state index >= 15 is 0 Å². The SMILES string of the molecule is CCCN(C(=O)CC1CCCCO1)C1CCNCC1.Cl. The molecular weight excluding hydrogens is 276 g/mol. The Kier molecular flexibility index (Phi) is 8.50. The fraction of sp³-hybridized carbons (Fsp3) is 0.933. The third-order valence-corrected chi connectivity index (χ3v) is 4.21. The molecular formula is C15H29ClN2O2. The minimum atomic E-state index is 0. The molecule has 2 saturated heterocycles. The predicted molar refractivity (Wildman–Crippen MR) is 83.4 cm³/mol. The monoisotopic (exact) mass is 304 g/mol. The zero-order valence-electron chi connectivity index (χ0n) is 12.6. The number of carbonyl (C=O) groups is 1. The van der Waals surface area contributed by atoms with Crippen LogP contribution in [0, 0.1) is 0 Å². The van der Waals surface area contributed by atoms with Crippen molar-refractivity contribution in [3.8, 4) is 0 Å². The van der Waals surface area contributed by atoms with Crippen molar-refractivity contribution in [3.63, 3.8) is 0 Å². The third kappa shape index (κ3) is 5.23. The highest BCUT2D eigenvalue weighted by atomic mass is 35.5. The second kappa shape index (κ2) is 9.59. The quantitative estimate of drug-likeness (QED) is 0.848. The number of piperidine rings is 1. The van der Waals surface area contributed by atoms with Gasteiger partial charge in [-0.15, -0.1) is 12.4 Å². The van der Waals surface area contributed by atoms with Crippen LogP contribution in [0.2, 0.25) is 0 Å². The van der Waals surface area contributed by atoms with E-state index in [0.717, 1.165) is 58.3 Å². The summed E-state index contributed by atoms with van der Waals surface area (Å²) in [5.74, 6) is 0.306. The minimum absolute atomic E-state index is 0. The molecule has 1 amide bonds. The van der Waals surface area contributed by atoms with Crippen LogP contribution in [0.25, 0.3) is 0 Å². The fourth-order valence-electron chi connectivity index (χ4n) is 3.15. The molecule has 1 atom stereocenters. The van der Waals surface area contributed by atoms with Gasteiger partial charge in [0.25, 0.3) is 0 Å². The van der Waals surface area contributed by atoms with Gasteiger partial charge in [0.2, 0.25) is 5.91 Å². The van der Waals surface area contributed by atoms with Crippen LogP contribution in [-0.2, 0) is 9.53 Å². The zero-order chi connectivity index (χ0) is 13.5. The van der Waals surface area contributed by atoms with Crippen molar-refractivity contribution in [1.82, 2.24) is 10.2 Å². The zero-order valence-corrected chi connectivity index (χ0v) is 13.4. The molecule has 1 N–H and O–H groups in total. The van der Waals surface area contributed by atoms with Gasteiger partial charge in [-0.1, -0.05) is 6.92 Å². The van der Waals surface area contributed by atoms with E-state index in [0.29, 0.717) is 18.4 Å². The summed E-state index contributed by atoms with van der Waals surface area (Å²) in [4.78, 5) is 14.6. The topological polar surface area (TPSA) is 41.6 Å². The summed E-state index contributed by atoms with van der Waals surface area (Å²) in [5.41, 5.74) is 0. The Morgan fingerprint density at radius 1 is 1.25 bits per heavy atom. The molecule has 2 rings (SSSR count). The van der Waals surface area contributed by atoms with Crippen molar-refractivity contribution in [2.24, 2.45) is 0 Å². The van der Waals surface area contributed by atoms with Crippen LogP contribution in [0.3, 0.4) is 0 Å². The van der Waals surface area contributed by atoms with Gasteiger partial charge in [-0.25, -0.2) is 0 Å². The van der Waals surface area contributed by atoms with Crippen molar-refractivity contribution < 1.29 is 9.53 Å². The van der Waals surface area contributed by atoms with Crippen LogP contribution in [0.15, 0.2) is 0 Å². The Bertz CT molecular complexity index is 277. The first-order chi connectivity index (χ1) is 9.31. The Hall–Kier alpha value is -0.320. The highest BCUT2D eigenvalue weighted by molar-refractivity contribution is 5.85. The van der Waals surface area contributed by atoms with Crippen molar-refractivity contribution >= 4 is 18.3 Å². The number of rotatable bonds is 5. The molecule has 0 aromatic carbocycles. The van der Waals surface area contributed by atoms with Crippen molar-refractivity contribution in [2.75, 3.05) is 26.2 Å². The lowest BCUT2D eigenvalue weighted by Gasteiger charge is -2.35. The second-order valence-electron chi connectivity index (χ2n) is 5.76. The van der Waals surface area contributed by atoms with Gasteiger partial charge in [0, 0.05) is 19.2 Å². The third-order valence-electron chi connectivity index (χ3n) is 4.21. The van der Waals surface area contributed by atoms with Crippen LogP contribution in [-0.4, -0.2) is 49.2 Å². The van der Waals surface area contributed by atoms with E-state index in [1.165, 1.54) is 6.42 Å². The number of carbonyl (C=O) groups excluding carboxylic acids is 1. The van der Waals surface area contributed by atoms with Gasteiger partial charge >= 0.3 is 0 Å². The van der Waals surface area contributed by atoms with Gasteiger partial charge in [0.15, 0.2) is 0 Å². The van der Waals surface area contributed by atoms with E-state index in [2.05, 4.69) is 17.1 Å². The molecule has 0 spiro atoms. The van der Waals surface area contributed by atoms with Crippen LogP contribution >= 0.6 is 12.4 Å². The van der Waals surface area contributed by atoms with E-state index in [1.807, 2.05) is 0 Å². The van der Waals surface area contributed by atoms with Gasteiger partial charge in [-0.05, 0) is 51.6 Å². The molecule has 2 aliphatic rings. The smallest absolute Gasteiger partial charge is 0.225 e. The summed E-state index contributed by atoms with van der Waals surface area (Å²) in [7, 11) is 0. The average molecular weight is 305 g/mol. The molecule has 5 heteroatoms. The van der Waals surface area contributed by atoms with E-state index in [1.54, 1.807) is 0 Å². The number of nitrogens with one attached hydrogen (secondary N) is 1. The molecule has 20 heavy (non-hydrogen) atoms. The molecule has 0 radical (unpaired) electrons. The number of amides is 1. The maximum absolute atomic E-state index is 12.5. The largest absolute Gasteiger partial charge is 0.378 e. The number of ether oxygens (including phenoxy) is 1. The molecule has 0 bridgehead atoms. The highest BCUT2D eigenvalue weighted by Crippen LogP contribution is 2.19. The molecule has 2 heterocycles. The van der Waals surface area contributed by atoms with Crippen LogP contribution in [0.5, 0.6) is 0 Å². The molecule has 2 aliphatic heterocycles. The van der Waals surface area contributed by atoms with Gasteiger partial charge in [-0.3, -0.25) is 4.79 Å². The first-order valence-electron chi connectivity index (χ1n) is 7.93. The average Bonchev–Trinajstić information content (AvgIpc) is 2.46. The summed E-state index contributed by atoms with van der Waals surface area (Å²) in [5, 5.41) is 3.37. The summed E-state index contributed by atoms with van der Waals surface area (Å²) in [6.45, 7) is 5.96. The molecule has 1 unspecified atom stereocenters. The Morgan fingerprint density at radius 3 is 2.60 bits per heavy atom. The van der Waals surface area contributed by atoms with Crippen molar-refractivity contribution in [2.45, 2.75) is 64.0 Å². The highest BCUT2D eigenvalue weighted by Gasteiger charge is 2.27. The molecule has 4 nitrogen and oxygen atoms in total. The lowest BCUT2D eigenvalue weighted by atomic mass is 10.0. The predicted octanol–water partition coefficient (Wildman–Crippen LogP) is 2.36. The molecule has 118 valence electrons. The van der Waals surface area contributed by atoms with Crippen LogP contribution in [0.4, 0.5) is 0 Å². The number of nitrogens with zero attached hydrogens (tertiary/aromatic N) is 1. The molecule has 0 saturated carbocycles. The maximum Gasteiger partial charge on any atom is 0.225 e. The first-order valence-corrected chi connectivity index (χ1v) is 7.93. The lowest BCUT2D eigenvalue weighted by molar-refractivity contribution is -0.138. The number of hydrogen-bond donors (Lipinski definition) is 1. The lowest BCUT2D eigenvalue weighted by Crippen LogP contribution is -2.47. The van der Waals surface area contributed by atoms with Gasteiger partial charge in [0.05, 0.1) is 12.5 Å². The summed E-state index contributed by atoms with van der Waals surface area (Å²) in [6.07, 6.45) is 7.40. The normalized spacial score (nSPS) is 23.9. The van der Waals surface area contributed by atoms with Gasteiger partial charge in [-0.2, -0.15) is 0 Å². The number of hydrogen-bond acceptors (Lipinski definition) is 3. The van der Waals surface area contributed by atoms with E-state index in [-0.39, 0.29) is 18.5 Å². The van der Waals surface area contributed by atoms with Crippen molar-refractivity contribution in [1.29, 1.82) is 0 Å². The van der Waals surface area contributed by atoms with Gasteiger partial charge in [0.1, 0.15) is 0 Å². The standard InChI is InChI=1S/C15H28N2O2.ClH/c1-2-10-17(13-6-8-16-9-7-13)15(18)12-14-5-3-4-11-19-14;/h13-14,16H,2-12H2,1H3;1H. The summed E-state index contributed by atoms with van der Waals surface area (Å²) < 4.78 is 5.70. The number of halogens is 1. The van der Waals surface area contributed by atoms with Crippen LogP contribution < -0.4 is 5.32 Å². The van der Waals surface area contributed by atoms with E-state index in [4.69, 9.17) is 4.74 Å². The Morgan fingerprint density at radius 2 is 2.00 bits per heavy atom. The fourth-order valence-corrected chi connectivity index (χ4v) is 3.15. The summed E-state index contributed by atoms with van der Waals surface area (Å²) >= 11 is 0. The maximum atomic E-state index is 12.5.